The Balaban J connectivity index is 1.11. The molecule has 9 nitrogen and oxygen atoms in total. The summed E-state index contributed by atoms with van der Waals surface area (Å²) in [7, 11) is 0. The molecule has 2 aliphatic rings. The van der Waals surface area contributed by atoms with Gasteiger partial charge in [-0.2, -0.15) is 0 Å². The summed E-state index contributed by atoms with van der Waals surface area (Å²) in [6.07, 6.45) is 8.16. The second-order valence-electron chi connectivity index (χ2n) is 15.1. The quantitative estimate of drug-likeness (QED) is 0.0577. The van der Waals surface area contributed by atoms with Crippen LogP contribution in [-0.2, 0) is 19.9 Å². The minimum atomic E-state index is -1.47. The molecule has 58 heavy (non-hydrogen) atoms. The number of hydrogen-bond acceptors (Lipinski definition) is 7. The standard InChI is InChI=1S/C48H45ClN2O7/c1-30(52)36-23-25-38-45-39(26-24-37(31(2)53)44(36)45)47(57)51(46(38)56)28-27-42(54)50-29-43(55)58-48(34-15-9-6-10-16-34,40-17-11-12-18-41(40)49)35-21-19-33(20-22-35)32-13-7-4-3-5-8-14-32/h6,9-12,15-26,32H,3-5,7-8,13-14,27-29H2,1-2H3,(H,50,54). The number of nitrogens with one attached hydrogen (secondary N) is 1. The molecule has 1 aliphatic carbocycles. The van der Waals surface area contributed by atoms with Crippen LogP contribution >= 0.6 is 11.6 Å². The fourth-order valence-electron chi connectivity index (χ4n) is 8.55. The maximum Gasteiger partial charge on any atom is 0.326 e. The first-order valence-corrected chi connectivity index (χ1v) is 20.3. The second kappa shape index (κ2) is 17.3. The van der Waals surface area contributed by atoms with Crippen LogP contribution in [0.1, 0.15) is 135 Å². The fraction of sp³-hybridized carbons (Fsp3) is 0.292. The minimum absolute atomic E-state index is 0.149. The molecule has 5 aromatic rings. The molecule has 7 rings (SSSR count). The molecule has 0 aromatic heterocycles. The number of carbonyl (C=O) groups is 6. The van der Waals surface area contributed by atoms with Gasteiger partial charge in [-0.25, -0.2) is 0 Å². The monoisotopic (exact) mass is 796 g/mol. The van der Waals surface area contributed by atoms with Crippen LogP contribution in [0.2, 0.25) is 5.02 Å². The lowest BCUT2D eigenvalue weighted by atomic mass is 9.78. The highest BCUT2D eigenvalue weighted by Gasteiger charge is 2.42. The zero-order valence-corrected chi connectivity index (χ0v) is 33.4. The summed E-state index contributed by atoms with van der Waals surface area (Å²) in [5.74, 6) is -2.79. The molecule has 1 unspecified atom stereocenters. The maximum absolute atomic E-state index is 13.9. The lowest BCUT2D eigenvalue weighted by Gasteiger charge is -2.36. The maximum atomic E-state index is 13.9. The van der Waals surface area contributed by atoms with E-state index in [9.17, 15) is 28.8 Å². The van der Waals surface area contributed by atoms with Crippen molar-refractivity contribution in [2.75, 3.05) is 13.1 Å². The lowest BCUT2D eigenvalue weighted by molar-refractivity contribution is -0.153. The van der Waals surface area contributed by atoms with Crippen LogP contribution in [0.4, 0.5) is 0 Å². The first kappa shape index (κ1) is 40.3. The SMILES string of the molecule is CC(=O)c1ccc2c3c(ccc(C(C)=O)c13)C(=O)N(CCC(=O)NCC(=O)OC(c1ccccc1)(c1ccc(C3CCCCCCC3)cc1)c1ccccc1Cl)C2=O. The zero-order chi connectivity index (χ0) is 41.0. The van der Waals surface area contributed by atoms with Gasteiger partial charge in [0, 0.05) is 67.7 Å². The summed E-state index contributed by atoms with van der Waals surface area (Å²) in [6, 6.07) is 30.7. The number of carbonyl (C=O) groups excluding carboxylic acids is 6. The highest BCUT2D eigenvalue weighted by atomic mass is 35.5. The summed E-state index contributed by atoms with van der Waals surface area (Å²) in [6.45, 7) is 1.94. The van der Waals surface area contributed by atoms with Crippen molar-refractivity contribution in [3.8, 4) is 0 Å². The smallest absolute Gasteiger partial charge is 0.326 e. The third kappa shape index (κ3) is 7.83. The summed E-state index contributed by atoms with van der Waals surface area (Å²) in [4.78, 5) is 80.6. The van der Waals surface area contributed by atoms with E-state index in [-0.39, 0.29) is 57.6 Å². The van der Waals surface area contributed by atoms with Crippen molar-refractivity contribution in [2.45, 2.75) is 76.7 Å². The van der Waals surface area contributed by atoms with Crippen molar-refractivity contribution >= 4 is 57.6 Å². The number of amides is 3. The first-order valence-electron chi connectivity index (χ1n) is 19.9. The number of esters is 1. The van der Waals surface area contributed by atoms with Crippen LogP contribution in [0.3, 0.4) is 0 Å². The van der Waals surface area contributed by atoms with Crippen molar-refractivity contribution in [1.82, 2.24) is 10.2 Å². The Morgan fingerprint density at radius 1 is 0.690 bits per heavy atom. The number of rotatable bonds is 12. The van der Waals surface area contributed by atoms with Gasteiger partial charge in [0.2, 0.25) is 5.91 Å². The van der Waals surface area contributed by atoms with Gasteiger partial charge in [0.25, 0.3) is 11.8 Å². The molecule has 0 saturated heterocycles. The molecule has 1 aliphatic heterocycles. The Bertz CT molecular complexity index is 2350. The Hall–Kier alpha value is -5.93. The average Bonchev–Trinajstić information content (AvgIpc) is 3.21. The summed E-state index contributed by atoms with van der Waals surface area (Å²) < 4.78 is 6.50. The largest absolute Gasteiger partial charge is 0.443 e. The number of hydrogen-bond donors (Lipinski definition) is 1. The Labute approximate surface area is 342 Å². The van der Waals surface area contributed by atoms with E-state index in [1.807, 2.05) is 60.7 Å². The van der Waals surface area contributed by atoms with E-state index in [2.05, 4.69) is 17.4 Å². The van der Waals surface area contributed by atoms with Crippen LogP contribution < -0.4 is 5.32 Å². The summed E-state index contributed by atoms with van der Waals surface area (Å²) in [5.41, 5.74) is 2.48. The van der Waals surface area contributed by atoms with E-state index >= 15 is 0 Å². The molecule has 1 fully saturated rings. The van der Waals surface area contributed by atoms with Gasteiger partial charge in [-0.3, -0.25) is 33.7 Å². The van der Waals surface area contributed by atoms with Crippen molar-refractivity contribution < 1.29 is 33.5 Å². The first-order chi connectivity index (χ1) is 28.0. The third-order valence-corrected chi connectivity index (χ3v) is 11.8. The van der Waals surface area contributed by atoms with Gasteiger partial charge in [-0.05, 0) is 68.5 Å². The lowest BCUT2D eigenvalue weighted by Crippen LogP contribution is -2.43. The predicted octanol–water partition coefficient (Wildman–Crippen LogP) is 9.36. The minimum Gasteiger partial charge on any atom is -0.443 e. The van der Waals surface area contributed by atoms with Gasteiger partial charge < -0.3 is 10.1 Å². The van der Waals surface area contributed by atoms with Gasteiger partial charge in [0.05, 0.1) is 0 Å². The van der Waals surface area contributed by atoms with Crippen LogP contribution in [0, 0.1) is 0 Å². The molecule has 0 spiro atoms. The molecule has 0 radical (unpaired) electrons. The number of nitrogens with zero attached hydrogens (tertiary/aromatic N) is 1. The van der Waals surface area contributed by atoms with E-state index in [1.165, 1.54) is 75.8 Å². The normalized spacial score (nSPS) is 15.6. The highest BCUT2D eigenvalue weighted by Crippen LogP contribution is 2.44. The van der Waals surface area contributed by atoms with Crippen LogP contribution in [-0.4, -0.2) is 53.2 Å². The number of ketones is 2. The van der Waals surface area contributed by atoms with Gasteiger partial charge in [0.1, 0.15) is 6.54 Å². The van der Waals surface area contributed by atoms with E-state index in [0.717, 1.165) is 17.7 Å². The molecular formula is C48H45ClN2O7. The molecule has 1 saturated carbocycles. The number of benzene rings is 5. The molecule has 5 aromatic carbocycles. The van der Waals surface area contributed by atoms with E-state index < -0.39 is 35.8 Å². The molecule has 296 valence electrons. The van der Waals surface area contributed by atoms with Gasteiger partial charge in [-0.15, -0.1) is 0 Å². The van der Waals surface area contributed by atoms with Crippen molar-refractivity contribution in [3.63, 3.8) is 0 Å². The summed E-state index contributed by atoms with van der Waals surface area (Å²) in [5, 5.41) is 3.52. The Morgan fingerprint density at radius 3 is 1.83 bits per heavy atom. The molecule has 10 heteroatoms. The number of Topliss-reactive ketones (excluding diaryl/α,β-unsaturated/α-hetero) is 2. The number of imide groups is 1. The van der Waals surface area contributed by atoms with Gasteiger partial charge >= 0.3 is 5.97 Å². The van der Waals surface area contributed by atoms with Crippen molar-refractivity contribution in [1.29, 1.82) is 0 Å². The number of ether oxygens (including phenoxy) is 1. The Morgan fingerprint density at radius 2 is 1.24 bits per heavy atom. The molecule has 3 amide bonds. The molecular weight excluding hydrogens is 752 g/mol. The van der Waals surface area contributed by atoms with Crippen LogP contribution in [0.5, 0.6) is 0 Å². The predicted molar refractivity (Wildman–Crippen MR) is 222 cm³/mol. The average molecular weight is 797 g/mol. The number of halogens is 1. The van der Waals surface area contributed by atoms with E-state index in [1.54, 1.807) is 6.07 Å². The van der Waals surface area contributed by atoms with E-state index in [4.69, 9.17) is 16.3 Å². The van der Waals surface area contributed by atoms with E-state index in [0.29, 0.717) is 27.6 Å². The molecule has 0 bridgehead atoms. The molecule has 1 N–H and O–H groups in total. The topological polar surface area (TPSA) is 127 Å². The second-order valence-corrected chi connectivity index (χ2v) is 15.5. The fourth-order valence-corrected chi connectivity index (χ4v) is 8.82. The zero-order valence-electron chi connectivity index (χ0n) is 32.6. The van der Waals surface area contributed by atoms with Crippen molar-refractivity contribution in [3.05, 3.63) is 153 Å². The van der Waals surface area contributed by atoms with Crippen molar-refractivity contribution in [2.24, 2.45) is 0 Å². The van der Waals surface area contributed by atoms with Crippen LogP contribution in [0.15, 0.2) is 103 Å². The molecule has 1 heterocycles. The Kier molecular flexibility index (Phi) is 12.0. The third-order valence-electron chi connectivity index (χ3n) is 11.5. The highest BCUT2D eigenvalue weighted by molar-refractivity contribution is 6.31. The molecule has 1 atom stereocenters. The van der Waals surface area contributed by atoms with Gasteiger partial charge in [-0.1, -0.05) is 117 Å². The van der Waals surface area contributed by atoms with Gasteiger partial charge in [0.15, 0.2) is 17.2 Å². The van der Waals surface area contributed by atoms with Crippen LogP contribution in [0.25, 0.3) is 10.8 Å². The summed E-state index contributed by atoms with van der Waals surface area (Å²) >= 11 is 6.89.